The van der Waals surface area contributed by atoms with E-state index in [1.54, 1.807) is 30.4 Å². The summed E-state index contributed by atoms with van der Waals surface area (Å²) in [5, 5.41) is 0.967. The molecular weight excluding hydrogens is 313 g/mol. The molecule has 1 aliphatic heterocycles. The van der Waals surface area contributed by atoms with Crippen LogP contribution in [0.1, 0.15) is 5.56 Å². The summed E-state index contributed by atoms with van der Waals surface area (Å²) in [5.41, 5.74) is -0.384. The van der Waals surface area contributed by atoms with Gasteiger partial charge >= 0.3 is 0 Å². The Hall–Kier alpha value is -1.62. The Labute approximate surface area is 131 Å². The summed E-state index contributed by atoms with van der Waals surface area (Å²) in [6, 6.07) is 5.17. The average molecular weight is 324 g/mol. The summed E-state index contributed by atoms with van der Waals surface area (Å²) in [5.74, 6) is -0.325. The molecular formula is C15H11Cl2NO3. The molecule has 1 aliphatic carbocycles. The quantitative estimate of drug-likeness (QED) is 0.840. The van der Waals surface area contributed by atoms with Crippen molar-refractivity contribution in [3.05, 3.63) is 58.1 Å². The lowest BCUT2D eigenvalue weighted by molar-refractivity contribution is -0.129. The first-order valence-electron chi connectivity index (χ1n) is 6.31. The summed E-state index contributed by atoms with van der Waals surface area (Å²) < 4.78 is 5.57. The molecule has 0 N–H and O–H groups in total. The molecule has 6 heteroatoms. The summed E-state index contributed by atoms with van der Waals surface area (Å²) in [6.45, 7) is 0.158. The van der Waals surface area contributed by atoms with E-state index in [9.17, 15) is 9.59 Å². The lowest BCUT2D eigenvalue weighted by Gasteiger charge is -2.33. The van der Waals surface area contributed by atoms with Crippen molar-refractivity contribution in [3.8, 4) is 0 Å². The van der Waals surface area contributed by atoms with Crippen molar-refractivity contribution in [2.45, 2.75) is 12.3 Å². The Morgan fingerprint density at radius 1 is 1.14 bits per heavy atom. The van der Waals surface area contributed by atoms with E-state index in [0.29, 0.717) is 15.6 Å². The molecule has 1 fully saturated rings. The Kier molecular flexibility index (Phi) is 3.61. The number of carbonyl (C=O) groups excluding carboxylic acids is 2. The van der Waals surface area contributed by atoms with Crippen molar-refractivity contribution in [2.24, 2.45) is 0 Å². The van der Waals surface area contributed by atoms with Crippen molar-refractivity contribution in [3.63, 3.8) is 0 Å². The fourth-order valence-electron chi connectivity index (χ4n) is 2.37. The zero-order valence-electron chi connectivity index (χ0n) is 10.9. The Morgan fingerprint density at radius 2 is 1.76 bits per heavy atom. The van der Waals surface area contributed by atoms with E-state index in [0.717, 1.165) is 0 Å². The second-order valence-electron chi connectivity index (χ2n) is 4.79. The van der Waals surface area contributed by atoms with Crippen LogP contribution in [0, 0.1) is 0 Å². The second kappa shape index (κ2) is 5.30. The molecule has 4 nitrogen and oxygen atoms in total. The van der Waals surface area contributed by atoms with Crippen molar-refractivity contribution >= 4 is 34.9 Å². The van der Waals surface area contributed by atoms with Crippen LogP contribution in [0.25, 0.3) is 0 Å². The third-order valence-corrected chi connectivity index (χ3v) is 4.21. The Morgan fingerprint density at radius 3 is 2.38 bits per heavy atom. The normalized spacial score (nSPS) is 19.8. The lowest BCUT2D eigenvalue weighted by atomic mass is 10.0. The van der Waals surface area contributed by atoms with Gasteiger partial charge in [-0.15, -0.1) is 0 Å². The zero-order chi connectivity index (χ0) is 15.0. The summed E-state index contributed by atoms with van der Waals surface area (Å²) in [6.07, 6.45) is 5.93. The monoisotopic (exact) mass is 323 g/mol. The van der Waals surface area contributed by atoms with Gasteiger partial charge in [0.2, 0.25) is 0 Å². The Balaban J connectivity index is 1.96. The van der Waals surface area contributed by atoms with Gasteiger partial charge in [0.15, 0.2) is 11.5 Å². The predicted octanol–water partition coefficient (Wildman–Crippen LogP) is 2.74. The highest BCUT2D eigenvalue weighted by molar-refractivity contribution is 6.36. The standard InChI is InChI=1S/C15H11Cl2NO3/c16-12-2-1-3-13(17)11(12)8-18-14(20)9-21-15(18)6-4-10(19)5-7-15/h1-7H,8-9H2. The average Bonchev–Trinajstić information content (AvgIpc) is 2.75. The van der Waals surface area contributed by atoms with Crippen LogP contribution in [0.5, 0.6) is 0 Å². The zero-order valence-corrected chi connectivity index (χ0v) is 12.4. The molecule has 0 aromatic heterocycles. The Bertz CT molecular complexity index is 645. The van der Waals surface area contributed by atoms with Crippen LogP contribution in [0.2, 0.25) is 10.0 Å². The van der Waals surface area contributed by atoms with Gasteiger partial charge in [-0.1, -0.05) is 29.3 Å². The SMILES string of the molecule is O=C1C=CC2(C=C1)OCC(=O)N2Cc1c(Cl)cccc1Cl. The summed E-state index contributed by atoms with van der Waals surface area (Å²) in [7, 11) is 0. The van der Waals surface area contributed by atoms with Gasteiger partial charge in [0.05, 0.1) is 6.54 Å². The second-order valence-corrected chi connectivity index (χ2v) is 5.60. The topological polar surface area (TPSA) is 46.6 Å². The van der Waals surface area contributed by atoms with E-state index >= 15 is 0 Å². The highest BCUT2D eigenvalue weighted by Gasteiger charge is 2.44. The van der Waals surface area contributed by atoms with Crippen LogP contribution < -0.4 is 0 Å². The first-order valence-corrected chi connectivity index (χ1v) is 7.07. The van der Waals surface area contributed by atoms with Gasteiger partial charge in [-0.2, -0.15) is 0 Å². The van der Waals surface area contributed by atoms with Crippen molar-refractivity contribution in [1.29, 1.82) is 0 Å². The minimum atomic E-state index is -1.03. The number of amides is 1. The molecule has 0 saturated carbocycles. The van der Waals surface area contributed by atoms with E-state index in [1.165, 1.54) is 17.1 Å². The molecule has 0 unspecified atom stereocenters. The van der Waals surface area contributed by atoms with Gasteiger partial charge < -0.3 is 9.64 Å². The number of halogens is 2. The molecule has 21 heavy (non-hydrogen) atoms. The van der Waals surface area contributed by atoms with Crippen LogP contribution >= 0.6 is 23.2 Å². The van der Waals surface area contributed by atoms with Crippen molar-refractivity contribution in [2.75, 3.05) is 6.61 Å². The smallest absolute Gasteiger partial charge is 0.251 e. The third-order valence-electron chi connectivity index (χ3n) is 3.50. The molecule has 108 valence electrons. The fourth-order valence-corrected chi connectivity index (χ4v) is 2.89. The van der Waals surface area contributed by atoms with E-state index < -0.39 is 5.72 Å². The van der Waals surface area contributed by atoms with E-state index in [-0.39, 0.29) is 24.8 Å². The number of benzene rings is 1. The molecule has 1 aromatic carbocycles. The fraction of sp³-hybridized carbons (Fsp3) is 0.200. The molecule has 1 saturated heterocycles. The van der Waals surface area contributed by atoms with Gasteiger partial charge in [-0.25, -0.2) is 0 Å². The number of ether oxygens (including phenoxy) is 1. The van der Waals surface area contributed by atoms with Gasteiger partial charge in [0, 0.05) is 15.6 Å². The number of hydrogen-bond acceptors (Lipinski definition) is 3. The van der Waals surface area contributed by atoms with Gasteiger partial charge in [0.1, 0.15) is 6.61 Å². The summed E-state index contributed by atoms with van der Waals surface area (Å²) in [4.78, 5) is 24.9. The number of nitrogens with zero attached hydrogens (tertiary/aromatic N) is 1. The summed E-state index contributed by atoms with van der Waals surface area (Å²) >= 11 is 12.3. The van der Waals surface area contributed by atoms with Crippen LogP contribution in [-0.4, -0.2) is 28.9 Å². The van der Waals surface area contributed by atoms with Crippen LogP contribution in [0.15, 0.2) is 42.5 Å². The first kappa shape index (κ1) is 14.3. The maximum absolute atomic E-state index is 12.1. The van der Waals surface area contributed by atoms with E-state index in [1.807, 2.05) is 0 Å². The third kappa shape index (κ3) is 2.50. The molecule has 0 radical (unpaired) electrons. The number of hydrogen-bond donors (Lipinski definition) is 0. The lowest BCUT2D eigenvalue weighted by Crippen LogP contribution is -2.44. The predicted molar refractivity (Wildman–Crippen MR) is 79.0 cm³/mol. The van der Waals surface area contributed by atoms with E-state index in [2.05, 4.69) is 0 Å². The van der Waals surface area contributed by atoms with Crippen molar-refractivity contribution in [1.82, 2.24) is 4.90 Å². The molecule has 1 aromatic rings. The number of allylic oxidation sites excluding steroid dienone is 2. The molecule has 1 spiro atoms. The minimum Gasteiger partial charge on any atom is -0.338 e. The van der Waals surface area contributed by atoms with Gasteiger partial charge in [0.25, 0.3) is 5.91 Å². The van der Waals surface area contributed by atoms with Crippen LogP contribution in [0.4, 0.5) is 0 Å². The van der Waals surface area contributed by atoms with Gasteiger partial charge in [-0.3, -0.25) is 9.59 Å². The molecule has 1 amide bonds. The molecule has 0 bridgehead atoms. The molecule has 1 heterocycles. The number of rotatable bonds is 2. The van der Waals surface area contributed by atoms with Crippen LogP contribution in [-0.2, 0) is 20.9 Å². The molecule has 0 atom stereocenters. The number of carbonyl (C=O) groups is 2. The maximum atomic E-state index is 12.1. The first-order chi connectivity index (χ1) is 10.0. The number of ketones is 1. The molecule has 2 aliphatic rings. The highest BCUT2D eigenvalue weighted by Crippen LogP contribution is 2.34. The maximum Gasteiger partial charge on any atom is 0.251 e. The highest BCUT2D eigenvalue weighted by atomic mass is 35.5. The largest absolute Gasteiger partial charge is 0.338 e. The minimum absolute atomic E-state index is 0.0507. The van der Waals surface area contributed by atoms with E-state index in [4.69, 9.17) is 27.9 Å². The van der Waals surface area contributed by atoms with Gasteiger partial charge in [-0.05, 0) is 36.4 Å². The molecule has 3 rings (SSSR count). The van der Waals surface area contributed by atoms with Crippen LogP contribution in [0.3, 0.4) is 0 Å². The van der Waals surface area contributed by atoms with Crippen molar-refractivity contribution < 1.29 is 14.3 Å².